The molecule has 6 heteroatoms. The number of aliphatic hydroxyl groups is 1. The predicted octanol–water partition coefficient (Wildman–Crippen LogP) is 4.39. The van der Waals surface area contributed by atoms with Crippen molar-refractivity contribution in [3.05, 3.63) is 20.3 Å². The van der Waals surface area contributed by atoms with Crippen molar-refractivity contribution >= 4 is 46.3 Å². The predicted molar refractivity (Wildman–Crippen MR) is 82.6 cm³/mol. The zero-order valence-corrected chi connectivity index (χ0v) is 13.5. The molecule has 1 aromatic heterocycles. The lowest BCUT2D eigenvalue weighted by Crippen LogP contribution is -2.41. The van der Waals surface area contributed by atoms with Crippen LogP contribution in [-0.2, 0) is 4.74 Å². The molecule has 106 valence electrons. The Balaban J connectivity index is 1.76. The quantitative estimate of drug-likeness (QED) is 0.866. The van der Waals surface area contributed by atoms with E-state index in [9.17, 15) is 5.11 Å². The zero-order valence-electron chi connectivity index (χ0n) is 10.4. The molecule has 1 aromatic rings. The van der Waals surface area contributed by atoms with Gasteiger partial charge in [0.2, 0.25) is 0 Å². The maximum Gasteiger partial charge on any atom is 0.100 e. The van der Waals surface area contributed by atoms with Gasteiger partial charge in [0.15, 0.2) is 0 Å². The average Bonchev–Trinajstić information content (AvgIpc) is 2.96. The number of halogens is 2. The van der Waals surface area contributed by atoms with E-state index in [1.807, 2.05) is 11.8 Å². The molecular weight excluding hydrogens is 323 g/mol. The summed E-state index contributed by atoms with van der Waals surface area (Å²) in [5.41, 5.74) is 0.769. The highest BCUT2D eigenvalue weighted by Gasteiger charge is 2.42. The summed E-state index contributed by atoms with van der Waals surface area (Å²) >= 11 is 15.4. The molecule has 0 radical (unpaired) electrons. The second-order valence-electron chi connectivity index (χ2n) is 5.31. The number of aliphatic hydroxyl groups excluding tert-OH is 1. The van der Waals surface area contributed by atoms with E-state index >= 15 is 0 Å². The molecule has 0 amide bonds. The smallest absolute Gasteiger partial charge is 0.100 e. The van der Waals surface area contributed by atoms with Gasteiger partial charge >= 0.3 is 0 Å². The van der Waals surface area contributed by atoms with Gasteiger partial charge in [0, 0.05) is 17.9 Å². The van der Waals surface area contributed by atoms with Gasteiger partial charge in [-0.25, -0.2) is 0 Å². The maximum absolute atomic E-state index is 10.6. The number of ether oxygens (including phenoxy) is 1. The summed E-state index contributed by atoms with van der Waals surface area (Å²) in [6, 6.07) is 1.80. The third-order valence-electron chi connectivity index (χ3n) is 4.05. The molecule has 2 aliphatic heterocycles. The topological polar surface area (TPSA) is 29.5 Å². The monoisotopic (exact) mass is 338 g/mol. The largest absolute Gasteiger partial charge is 0.388 e. The normalized spacial score (nSPS) is 32.9. The van der Waals surface area contributed by atoms with Gasteiger partial charge in [-0.3, -0.25) is 0 Å². The highest BCUT2D eigenvalue weighted by Crippen LogP contribution is 2.46. The summed E-state index contributed by atoms with van der Waals surface area (Å²) in [4.78, 5) is 0. The van der Waals surface area contributed by atoms with Crippen molar-refractivity contribution in [1.82, 2.24) is 0 Å². The first-order valence-corrected chi connectivity index (χ1v) is 9.17. The Morgan fingerprint density at radius 3 is 2.95 bits per heavy atom. The first kappa shape index (κ1) is 14.5. The third-order valence-corrected chi connectivity index (χ3v) is 6.79. The molecule has 3 unspecified atom stereocenters. The van der Waals surface area contributed by atoms with E-state index in [-0.39, 0.29) is 11.5 Å². The molecular formula is C13H16Cl2O2S2. The zero-order chi connectivity index (χ0) is 13.5. The summed E-state index contributed by atoms with van der Waals surface area (Å²) in [6.07, 6.45) is 2.38. The SMILES string of the molecule is OC(c1cc(Cl)sc1Cl)C1CCOC2(CCSC2)C1. The van der Waals surface area contributed by atoms with Crippen LogP contribution in [-0.4, -0.2) is 28.8 Å². The molecule has 0 saturated carbocycles. The number of thiophene rings is 1. The van der Waals surface area contributed by atoms with E-state index in [1.54, 1.807) is 6.07 Å². The molecule has 2 saturated heterocycles. The first-order valence-electron chi connectivity index (χ1n) is 6.44. The van der Waals surface area contributed by atoms with Gasteiger partial charge in [0.25, 0.3) is 0 Å². The first-order chi connectivity index (χ1) is 9.10. The van der Waals surface area contributed by atoms with E-state index in [1.165, 1.54) is 11.3 Å². The second kappa shape index (κ2) is 5.74. The van der Waals surface area contributed by atoms with Crippen molar-refractivity contribution in [3.63, 3.8) is 0 Å². The van der Waals surface area contributed by atoms with Crippen LogP contribution in [0, 0.1) is 5.92 Å². The fourth-order valence-electron chi connectivity index (χ4n) is 3.01. The average molecular weight is 339 g/mol. The van der Waals surface area contributed by atoms with Gasteiger partial charge < -0.3 is 9.84 Å². The fourth-order valence-corrected chi connectivity index (χ4v) is 5.92. The Labute approximate surface area is 131 Å². The molecule has 0 aliphatic carbocycles. The second-order valence-corrected chi connectivity index (χ2v) is 8.70. The number of thioether (sulfide) groups is 1. The van der Waals surface area contributed by atoms with Crippen molar-refractivity contribution in [2.45, 2.75) is 31.0 Å². The van der Waals surface area contributed by atoms with Crippen molar-refractivity contribution in [3.8, 4) is 0 Å². The Morgan fingerprint density at radius 1 is 1.47 bits per heavy atom. The van der Waals surface area contributed by atoms with E-state index in [2.05, 4.69) is 0 Å². The van der Waals surface area contributed by atoms with Crippen LogP contribution < -0.4 is 0 Å². The Kier molecular flexibility index (Phi) is 4.38. The van der Waals surface area contributed by atoms with Gasteiger partial charge in [0.1, 0.15) is 4.34 Å². The summed E-state index contributed by atoms with van der Waals surface area (Å²) in [7, 11) is 0. The van der Waals surface area contributed by atoms with Gasteiger partial charge in [-0.2, -0.15) is 11.8 Å². The lowest BCUT2D eigenvalue weighted by atomic mass is 9.81. The molecule has 0 aromatic carbocycles. The van der Waals surface area contributed by atoms with Crippen LogP contribution in [0.4, 0.5) is 0 Å². The fraction of sp³-hybridized carbons (Fsp3) is 0.692. The van der Waals surface area contributed by atoms with Crippen molar-refractivity contribution in [2.75, 3.05) is 18.1 Å². The molecule has 2 nitrogen and oxygen atoms in total. The Bertz CT molecular complexity index is 457. The van der Waals surface area contributed by atoms with Gasteiger partial charge in [-0.1, -0.05) is 23.2 Å². The minimum Gasteiger partial charge on any atom is -0.388 e. The summed E-state index contributed by atoms with van der Waals surface area (Å²) < 4.78 is 7.24. The number of hydrogen-bond acceptors (Lipinski definition) is 4. The molecule has 3 atom stereocenters. The number of rotatable bonds is 2. The summed E-state index contributed by atoms with van der Waals surface area (Å²) in [6.45, 7) is 0.734. The molecule has 19 heavy (non-hydrogen) atoms. The molecule has 2 aliphatic rings. The van der Waals surface area contributed by atoms with Crippen molar-refractivity contribution in [1.29, 1.82) is 0 Å². The van der Waals surface area contributed by atoms with E-state index < -0.39 is 6.10 Å². The van der Waals surface area contributed by atoms with E-state index in [0.29, 0.717) is 8.67 Å². The molecule has 2 fully saturated rings. The van der Waals surface area contributed by atoms with Crippen LogP contribution in [0.15, 0.2) is 6.07 Å². The van der Waals surface area contributed by atoms with Crippen LogP contribution in [0.2, 0.25) is 8.67 Å². The van der Waals surface area contributed by atoms with Crippen LogP contribution in [0.1, 0.15) is 30.9 Å². The third kappa shape index (κ3) is 2.94. The van der Waals surface area contributed by atoms with E-state index in [0.717, 1.165) is 42.9 Å². The Morgan fingerprint density at radius 2 is 2.32 bits per heavy atom. The molecule has 3 heterocycles. The number of hydrogen-bond donors (Lipinski definition) is 1. The summed E-state index contributed by atoms with van der Waals surface area (Å²) in [5.74, 6) is 2.43. The maximum atomic E-state index is 10.6. The minimum atomic E-state index is -0.525. The lowest BCUT2D eigenvalue weighted by Gasteiger charge is -2.39. The van der Waals surface area contributed by atoms with Crippen LogP contribution >= 0.6 is 46.3 Å². The minimum absolute atomic E-state index is 0.0130. The molecule has 0 bridgehead atoms. The van der Waals surface area contributed by atoms with Gasteiger partial charge in [-0.05, 0) is 37.0 Å². The van der Waals surface area contributed by atoms with Gasteiger partial charge in [0.05, 0.1) is 16.0 Å². The van der Waals surface area contributed by atoms with Crippen LogP contribution in [0.5, 0.6) is 0 Å². The molecule has 3 rings (SSSR count). The van der Waals surface area contributed by atoms with Gasteiger partial charge in [-0.15, -0.1) is 11.3 Å². The highest BCUT2D eigenvalue weighted by molar-refractivity contribution is 7.99. The molecule has 1 spiro atoms. The summed E-state index contributed by atoms with van der Waals surface area (Å²) in [5, 5.41) is 10.6. The van der Waals surface area contributed by atoms with Crippen LogP contribution in [0.3, 0.4) is 0 Å². The lowest BCUT2D eigenvalue weighted by molar-refractivity contribution is -0.102. The molecule has 1 N–H and O–H groups in total. The van der Waals surface area contributed by atoms with Crippen LogP contribution in [0.25, 0.3) is 0 Å². The van der Waals surface area contributed by atoms with E-state index in [4.69, 9.17) is 27.9 Å². The Hall–Kier alpha value is 0.550. The highest BCUT2D eigenvalue weighted by atomic mass is 35.5. The van der Waals surface area contributed by atoms with Crippen molar-refractivity contribution in [2.24, 2.45) is 5.92 Å². The standard InChI is InChI=1S/C13H16Cl2O2S2/c14-10-5-9(12(15)19-10)11(16)8-1-3-17-13(6-8)2-4-18-7-13/h5,8,11,16H,1-4,6-7H2. The van der Waals surface area contributed by atoms with Crippen molar-refractivity contribution < 1.29 is 9.84 Å².